The summed E-state index contributed by atoms with van der Waals surface area (Å²) in [4.78, 5) is 0. The van der Waals surface area contributed by atoms with Gasteiger partial charge in [0.1, 0.15) is 12.4 Å². The minimum absolute atomic E-state index is 0.547. The highest BCUT2D eigenvalue weighted by Crippen LogP contribution is 2.24. The highest BCUT2D eigenvalue weighted by molar-refractivity contribution is 9.10. The lowest BCUT2D eigenvalue weighted by molar-refractivity contribution is 0.305. The molecule has 0 bridgehead atoms. The van der Waals surface area contributed by atoms with Crippen LogP contribution in [0.25, 0.3) is 6.08 Å². The van der Waals surface area contributed by atoms with E-state index in [2.05, 4.69) is 35.5 Å². The van der Waals surface area contributed by atoms with E-state index in [0.29, 0.717) is 6.61 Å². The van der Waals surface area contributed by atoms with Crippen LogP contribution in [0.2, 0.25) is 0 Å². The Morgan fingerprint density at radius 2 is 2.00 bits per heavy atom. The molecule has 0 fully saturated rings. The average Bonchev–Trinajstić information content (AvgIpc) is 2.39. The lowest BCUT2D eigenvalue weighted by Crippen LogP contribution is -1.98. The normalized spacial score (nSPS) is 10.1. The van der Waals surface area contributed by atoms with Crippen molar-refractivity contribution < 1.29 is 4.74 Å². The first-order valence-electron chi connectivity index (χ1n) is 5.80. The molecule has 0 aliphatic heterocycles. The van der Waals surface area contributed by atoms with Crippen LogP contribution in [0.3, 0.4) is 0 Å². The number of halogens is 1. The summed E-state index contributed by atoms with van der Waals surface area (Å²) in [5.41, 5.74) is 3.37. The van der Waals surface area contributed by atoms with E-state index < -0.39 is 0 Å². The molecule has 2 aromatic carbocycles. The summed E-state index contributed by atoms with van der Waals surface area (Å²) in [5, 5.41) is 0. The molecule has 0 radical (unpaired) electrons. The molecule has 0 amide bonds. The van der Waals surface area contributed by atoms with E-state index >= 15 is 0 Å². The minimum atomic E-state index is 0.547. The molecule has 0 heterocycles. The van der Waals surface area contributed by atoms with Gasteiger partial charge in [-0.1, -0.05) is 58.4 Å². The number of hydrogen-bond acceptors (Lipinski definition) is 1. The molecule has 0 spiro atoms. The molecule has 0 N–H and O–H groups in total. The maximum Gasteiger partial charge on any atom is 0.127 e. The van der Waals surface area contributed by atoms with Crippen LogP contribution in [0, 0.1) is 6.92 Å². The van der Waals surface area contributed by atoms with Crippen LogP contribution in [-0.2, 0) is 6.61 Å². The van der Waals surface area contributed by atoms with Crippen molar-refractivity contribution in [2.45, 2.75) is 13.5 Å². The van der Waals surface area contributed by atoms with Crippen LogP contribution in [0.5, 0.6) is 5.75 Å². The highest BCUT2D eigenvalue weighted by atomic mass is 79.9. The van der Waals surface area contributed by atoms with Gasteiger partial charge in [-0.15, -0.1) is 0 Å². The predicted octanol–water partition coefficient (Wildman–Crippen LogP) is 4.98. The third kappa shape index (κ3) is 3.02. The molecular weight excluding hydrogens is 288 g/mol. The molecule has 2 aromatic rings. The summed E-state index contributed by atoms with van der Waals surface area (Å²) in [5.74, 6) is 0.867. The summed E-state index contributed by atoms with van der Waals surface area (Å²) in [6.45, 7) is 6.42. The fourth-order valence-corrected chi connectivity index (χ4v) is 2.13. The van der Waals surface area contributed by atoms with Crippen LogP contribution < -0.4 is 4.74 Å². The van der Waals surface area contributed by atoms with Gasteiger partial charge in [0.25, 0.3) is 0 Å². The molecule has 92 valence electrons. The number of hydrogen-bond donors (Lipinski definition) is 0. The number of aryl methyl sites for hydroxylation is 1. The first kappa shape index (κ1) is 12.9. The van der Waals surface area contributed by atoms with E-state index in [1.807, 2.05) is 42.5 Å². The first-order chi connectivity index (χ1) is 8.70. The third-order valence-corrected chi connectivity index (χ3v) is 3.50. The van der Waals surface area contributed by atoms with Crippen molar-refractivity contribution in [3.8, 4) is 5.75 Å². The Labute approximate surface area is 116 Å². The second-order valence-corrected chi connectivity index (χ2v) is 4.98. The molecular formula is C16H15BrO. The van der Waals surface area contributed by atoms with E-state index in [1.54, 1.807) is 0 Å². The summed E-state index contributed by atoms with van der Waals surface area (Å²) < 4.78 is 6.92. The molecule has 2 heteroatoms. The van der Waals surface area contributed by atoms with Gasteiger partial charge in [-0.2, -0.15) is 0 Å². The lowest BCUT2D eigenvalue weighted by Gasteiger charge is -2.11. The van der Waals surface area contributed by atoms with Crippen LogP contribution in [0.4, 0.5) is 0 Å². The van der Waals surface area contributed by atoms with Gasteiger partial charge in [-0.3, -0.25) is 0 Å². The smallest absolute Gasteiger partial charge is 0.127 e. The monoisotopic (exact) mass is 302 g/mol. The first-order valence-corrected chi connectivity index (χ1v) is 6.59. The zero-order valence-corrected chi connectivity index (χ0v) is 11.9. The van der Waals surface area contributed by atoms with Gasteiger partial charge in [0, 0.05) is 15.6 Å². The van der Waals surface area contributed by atoms with Crippen molar-refractivity contribution in [3.05, 3.63) is 70.2 Å². The molecule has 0 unspecified atom stereocenters. The molecule has 18 heavy (non-hydrogen) atoms. The molecule has 0 saturated carbocycles. The van der Waals surface area contributed by atoms with E-state index in [9.17, 15) is 0 Å². The SMILES string of the molecule is C=Cc1cc(C)ccc1OCc1ccccc1Br. The second kappa shape index (κ2) is 5.87. The van der Waals surface area contributed by atoms with Gasteiger partial charge < -0.3 is 4.74 Å². The van der Waals surface area contributed by atoms with E-state index in [0.717, 1.165) is 21.3 Å². The van der Waals surface area contributed by atoms with E-state index in [4.69, 9.17) is 4.74 Å². The minimum Gasteiger partial charge on any atom is -0.488 e. The van der Waals surface area contributed by atoms with Crippen molar-refractivity contribution in [1.29, 1.82) is 0 Å². The molecule has 0 aliphatic carbocycles. The second-order valence-electron chi connectivity index (χ2n) is 4.13. The molecule has 2 rings (SSSR count). The van der Waals surface area contributed by atoms with E-state index in [1.165, 1.54) is 5.56 Å². The molecule has 0 aliphatic rings. The van der Waals surface area contributed by atoms with Gasteiger partial charge >= 0.3 is 0 Å². The van der Waals surface area contributed by atoms with Gasteiger partial charge in [0.2, 0.25) is 0 Å². The van der Waals surface area contributed by atoms with Crippen molar-refractivity contribution in [3.63, 3.8) is 0 Å². The molecule has 0 saturated heterocycles. The third-order valence-electron chi connectivity index (χ3n) is 2.73. The quantitative estimate of drug-likeness (QED) is 0.774. The molecule has 1 nitrogen and oxygen atoms in total. The Balaban J connectivity index is 2.16. The molecule has 0 aromatic heterocycles. The van der Waals surface area contributed by atoms with Gasteiger partial charge in [-0.05, 0) is 25.1 Å². The van der Waals surface area contributed by atoms with Gasteiger partial charge in [-0.25, -0.2) is 0 Å². The Morgan fingerprint density at radius 1 is 1.22 bits per heavy atom. The van der Waals surface area contributed by atoms with Crippen LogP contribution in [0.1, 0.15) is 16.7 Å². The van der Waals surface area contributed by atoms with Crippen LogP contribution >= 0.6 is 15.9 Å². The highest BCUT2D eigenvalue weighted by Gasteiger charge is 2.03. The maximum absolute atomic E-state index is 5.85. The summed E-state index contributed by atoms with van der Waals surface area (Å²) in [6.07, 6.45) is 1.82. The standard InChI is InChI=1S/C16H15BrO/c1-3-13-10-12(2)8-9-16(13)18-11-14-6-4-5-7-15(14)17/h3-10H,1,11H2,2H3. The topological polar surface area (TPSA) is 9.23 Å². The molecule has 0 atom stereocenters. The fraction of sp³-hybridized carbons (Fsp3) is 0.125. The largest absolute Gasteiger partial charge is 0.488 e. The summed E-state index contributed by atoms with van der Waals surface area (Å²) in [7, 11) is 0. The Kier molecular flexibility index (Phi) is 4.21. The van der Waals surface area contributed by atoms with Crippen molar-refractivity contribution in [1.82, 2.24) is 0 Å². The zero-order chi connectivity index (χ0) is 13.0. The Bertz CT molecular complexity index is 561. The summed E-state index contributed by atoms with van der Waals surface area (Å²) >= 11 is 3.52. The summed E-state index contributed by atoms with van der Waals surface area (Å²) in [6, 6.07) is 14.2. The maximum atomic E-state index is 5.85. The van der Waals surface area contributed by atoms with Crippen molar-refractivity contribution in [2.75, 3.05) is 0 Å². The fourth-order valence-electron chi connectivity index (χ4n) is 1.73. The number of benzene rings is 2. The Morgan fingerprint density at radius 3 is 2.72 bits per heavy atom. The number of ether oxygens (including phenoxy) is 1. The van der Waals surface area contributed by atoms with Crippen molar-refractivity contribution in [2.24, 2.45) is 0 Å². The van der Waals surface area contributed by atoms with Crippen molar-refractivity contribution >= 4 is 22.0 Å². The van der Waals surface area contributed by atoms with Crippen LogP contribution in [0.15, 0.2) is 53.5 Å². The van der Waals surface area contributed by atoms with Gasteiger partial charge in [0.15, 0.2) is 0 Å². The lowest BCUT2D eigenvalue weighted by atomic mass is 10.1. The van der Waals surface area contributed by atoms with E-state index in [-0.39, 0.29) is 0 Å². The Hall–Kier alpha value is -1.54. The average molecular weight is 303 g/mol. The predicted molar refractivity (Wildman–Crippen MR) is 79.7 cm³/mol. The van der Waals surface area contributed by atoms with Gasteiger partial charge in [0.05, 0.1) is 0 Å². The zero-order valence-electron chi connectivity index (χ0n) is 10.3. The number of rotatable bonds is 4. The van der Waals surface area contributed by atoms with Crippen LogP contribution in [-0.4, -0.2) is 0 Å².